The molecular weight excluding hydrogens is 182 g/mol. The first kappa shape index (κ1) is 8.99. The molecule has 4 nitrogen and oxygen atoms in total. The fourth-order valence-electron chi connectivity index (χ4n) is 1.53. The average molecular weight is 193 g/mol. The Morgan fingerprint density at radius 2 is 2.00 bits per heavy atom. The van der Waals surface area contributed by atoms with Gasteiger partial charge in [0.1, 0.15) is 5.76 Å². The summed E-state index contributed by atoms with van der Waals surface area (Å²) >= 11 is 0. The molecule has 1 aromatic heterocycles. The third-order valence-electron chi connectivity index (χ3n) is 2.28. The maximum absolute atomic E-state index is 11.4. The van der Waals surface area contributed by atoms with Crippen LogP contribution in [-0.4, -0.2) is 16.7 Å². The average Bonchev–Trinajstić information content (AvgIpc) is 2.64. The molecule has 0 unspecified atom stereocenters. The van der Waals surface area contributed by atoms with Crippen molar-refractivity contribution in [3.8, 4) is 0 Å². The quantitative estimate of drug-likeness (QED) is 0.665. The summed E-state index contributed by atoms with van der Waals surface area (Å²) in [5.74, 6) is 0.448. The molecule has 2 amide bonds. The summed E-state index contributed by atoms with van der Waals surface area (Å²) in [7, 11) is 0. The highest BCUT2D eigenvalue weighted by Gasteiger charge is 2.26. The van der Waals surface area contributed by atoms with Crippen molar-refractivity contribution in [2.75, 3.05) is 0 Å². The fraction of sp³-hybridized carbons (Fsp3) is 0.400. The summed E-state index contributed by atoms with van der Waals surface area (Å²) in [5, 5.41) is 0. The van der Waals surface area contributed by atoms with E-state index in [1.807, 2.05) is 0 Å². The van der Waals surface area contributed by atoms with Gasteiger partial charge in [0.25, 0.3) is 0 Å². The van der Waals surface area contributed by atoms with Gasteiger partial charge in [0.2, 0.25) is 11.8 Å². The highest BCUT2D eigenvalue weighted by molar-refractivity contribution is 5.97. The van der Waals surface area contributed by atoms with Crippen molar-refractivity contribution in [3.63, 3.8) is 0 Å². The van der Waals surface area contributed by atoms with E-state index in [0.29, 0.717) is 25.0 Å². The normalized spacial score (nSPS) is 17.6. The lowest BCUT2D eigenvalue weighted by atomic mass is 10.1. The summed E-state index contributed by atoms with van der Waals surface area (Å²) in [5.41, 5.74) is 0. The molecule has 0 spiro atoms. The van der Waals surface area contributed by atoms with Crippen molar-refractivity contribution >= 4 is 11.8 Å². The fourth-order valence-corrected chi connectivity index (χ4v) is 1.53. The van der Waals surface area contributed by atoms with Gasteiger partial charge >= 0.3 is 0 Å². The number of nitrogens with zero attached hydrogens (tertiary/aromatic N) is 1. The van der Waals surface area contributed by atoms with Crippen LogP contribution >= 0.6 is 0 Å². The zero-order valence-corrected chi connectivity index (χ0v) is 7.73. The topological polar surface area (TPSA) is 50.5 Å². The third-order valence-corrected chi connectivity index (χ3v) is 2.28. The second kappa shape index (κ2) is 3.65. The molecule has 1 aromatic rings. The van der Waals surface area contributed by atoms with Crippen molar-refractivity contribution < 1.29 is 14.0 Å². The van der Waals surface area contributed by atoms with E-state index in [2.05, 4.69) is 0 Å². The highest BCUT2D eigenvalue weighted by atomic mass is 16.3. The van der Waals surface area contributed by atoms with Crippen LogP contribution < -0.4 is 0 Å². The SMILES string of the molecule is O=C1CCCC(=O)N1Cc1ccco1. The molecular formula is C10H11NO3. The van der Waals surface area contributed by atoms with E-state index in [1.165, 1.54) is 11.2 Å². The molecule has 0 radical (unpaired) electrons. The lowest BCUT2D eigenvalue weighted by Crippen LogP contribution is -2.39. The molecule has 1 aliphatic heterocycles. The van der Waals surface area contributed by atoms with Crippen LogP contribution in [0.25, 0.3) is 0 Å². The van der Waals surface area contributed by atoms with Crippen LogP contribution in [0.1, 0.15) is 25.0 Å². The number of piperidine rings is 1. The molecule has 0 saturated carbocycles. The molecule has 2 rings (SSSR count). The number of hydrogen-bond acceptors (Lipinski definition) is 3. The summed E-state index contributed by atoms with van der Waals surface area (Å²) in [6, 6.07) is 3.50. The Morgan fingerprint density at radius 1 is 1.29 bits per heavy atom. The largest absolute Gasteiger partial charge is 0.467 e. The molecule has 74 valence electrons. The molecule has 1 saturated heterocycles. The first-order valence-corrected chi connectivity index (χ1v) is 4.63. The Balaban J connectivity index is 2.08. The molecule has 2 heterocycles. The van der Waals surface area contributed by atoms with Gasteiger partial charge in [0.15, 0.2) is 0 Å². The van der Waals surface area contributed by atoms with Crippen LogP contribution in [0.2, 0.25) is 0 Å². The minimum absolute atomic E-state index is 0.0994. The maximum atomic E-state index is 11.4. The number of hydrogen-bond donors (Lipinski definition) is 0. The van der Waals surface area contributed by atoms with Crippen LogP contribution in [0.4, 0.5) is 0 Å². The van der Waals surface area contributed by atoms with Crippen LogP contribution in [0.3, 0.4) is 0 Å². The second-order valence-corrected chi connectivity index (χ2v) is 3.31. The lowest BCUT2D eigenvalue weighted by molar-refractivity contribution is -0.149. The summed E-state index contributed by atoms with van der Waals surface area (Å²) < 4.78 is 5.09. The predicted molar refractivity (Wildman–Crippen MR) is 48.1 cm³/mol. The number of furan rings is 1. The number of likely N-dealkylation sites (tertiary alicyclic amines) is 1. The number of imide groups is 1. The van der Waals surface area contributed by atoms with Gasteiger partial charge in [-0.15, -0.1) is 0 Å². The summed E-state index contributed by atoms with van der Waals surface area (Å²) in [6.07, 6.45) is 3.14. The maximum Gasteiger partial charge on any atom is 0.229 e. The molecule has 1 fully saturated rings. The molecule has 1 aliphatic rings. The van der Waals surface area contributed by atoms with E-state index < -0.39 is 0 Å². The van der Waals surface area contributed by atoms with Crippen LogP contribution in [0.15, 0.2) is 22.8 Å². The molecule has 4 heteroatoms. The first-order valence-electron chi connectivity index (χ1n) is 4.63. The van der Waals surface area contributed by atoms with E-state index in [-0.39, 0.29) is 18.4 Å². The zero-order chi connectivity index (χ0) is 9.97. The van der Waals surface area contributed by atoms with E-state index in [1.54, 1.807) is 12.1 Å². The number of amides is 2. The highest BCUT2D eigenvalue weighted by Crippen LogP contribution is 2.15. The van der Waals surface area contributed by atoms with Gasteiger partial charge in [-0.2, -0.15) is 0 Å². The first-order chi connectivity index (χ1) is 6.77. The van der Waals surface area contributed by atoms with E-state index in [4.69, 9.17) is 4.42 Å². The third kappa shape index (κ3) is 1.69. The Hall–Kier alpha value is -1.58. The Bertz CT molecular complexity index is 326. The van der Waals surface area contributed by atoms with Crippen molar-refractivity contribution in [1.29, 1.82) is 0 Å². The molecule has 0 aliphatic carbocycles. The van der Waals surface area contributed by atoms with Gasteiger partial charge in [0, 0.05) is 12.8 Å². The summed E-state index contributed by atoms with van der Waals surface area (Å²) in [6.45, 7) is 0.269. The van der Waals surface area contributed by atoms with Crippen molar-refractivity contribution in [3.05, 3.63) is 24.2 Å². The van der Waals surface area contributed by atoms with Gasteiger partial charge in [-0.05, 0) is 18.6 Å². The van der Waals surface area contributed by atoms with Gasteiger partial charge < -0.3 is 4.42 Å². The summed E-state index contributed by atoms with van der Waals surface area (Å²) in [4.78, 5) is 24.1. The molecule has 0 aromatic carbocycles. The minimum atomic E-state index is -0.0994. The predicted octanol–water partition coefficient (Wildman–Crippen LogP) is 1.32. The Labute approximate surface area is 81.5 Å². The monoisotopic (exact) mass is 193 g/mol. The van der Waals surface area contributed by atoms with Crippen molar-refractivity contribution in [2.45, 2.75) is 25.8 Å². The van der Waals surface area contributed by atoms with E-state index in [9.17, 15) is 9.59 Å². The van der Waals surface area contributed by atoms with Gasteiger partial charge in [0.05, 0.1) is 12.8 Å². The van der Waals surface area contributed by atoms with Gasteiger partial charge in [-0.1, -0.05) is 0 Å². The molecule has 14 heavy (non-hydrogen) atoms. The standard InChI is InChI=1S/C10H11NO3/c12-9-4-1-5-10(13)11(9)7-8-3-2-6-14-8/h2-3,6H,1,4-5,7H2. The molecule has 0 N–H and O–H groups in total. The Kier molecular flexibility index (Phi) is 2.35. The minimum Gasteiger partial charge on any atom is -0.467 e. The number of carbonyl (C=O) groups is 2. The number of carbonyl (C=O) groups excluding carboxylic acids is 2. The molecule has 0 atom stereocenters. The Morgan fingerprint density at radius 3 is 2.57 bits per heavy atom. The van der Waals surface area contributed by atoms with Gasteiger partial charge in [-0.3, -0.25) is 14.5 Å². The van der Waals surface area contributed by atoms with Crippen LogP contribution in [0, 0.1) is 0 Å². The lowest BCUT2D eigenvalue weighted by Gasteiger charge is -2.23. The van der Waals surface area contributed by atoms with Crippen LogP contribution in [0.5, 0.6) is 0 Å². The van der Waals surface area contributed by atoms with Crippen molar-refractivity contribution in [2.24, 2.45) is 0 Å². The smallest absolute Gasteiger partial charge is 0.229 e. The van der Waals surface area contributed by atoms with Crippen molar-refractivity contribution in [1.82, 2.24) is 4.90 Å². The van der Waals surface area contributed by atoms with E-state index >= 15 is 0 Å². The van der Waals surface area contributed by atoms with Crippen LogP contribution in [-0.2, 0) is 16.1 Å². The zero-order valence-electron chi connectivity index (χ0n) is 7.73. The van der Waals surface area contributed by atoms with E-state index in [0.717, 1.165) is 0 Å². The second-order valence-electron chi connectivity index (χ2n) is 3.31. The van der Waals surface area contributed by atoms with Gasteiger partial charge in [-0.25, -0.2) is 0 Å². The molecule has 0 bridgehead atoms. The number of rotatable bonds is 2.